The molecule has 0 saturated heterocycles. The molecule has 1 aromatic rings. The Morgan fingerprint density at radius 2 is 1.95 bits per heavy atom. The first-order valence-corrected chi connectivity index (χ1v) is 6.87. The second kappa shape index (κ2) is 7.52. The Hall–Kier alpha value is -2.24. The van der Waals surface area contributed by atoms with Gasteiger partial charge in [-0.25, -0.2) is 0 Å². The van der Waals surface area contributed by atoms with Crippen LogP contribution in [0.4, 0.5) is 5.69 Å². The van der Waals surface area contributed by atoms with E-state index in [-0.39, 0.29) is 17.2 Å². The summed E-state index contributed by atoms with van der Waals surface area (Å²) in [5.41, 5.74) is 6.41. The van der Waals surface area contributed by atoms with E-state index in [4.69, 9.17) is 10.5 Å². The fourth-order valence-electron chi connectivity index (χ4n) is 1.72. The second-order valence-corrected chi connectivity index (χ2v) is 5.26. The minimum Gasteiger partial charge on any atom is -0.495 e. The number of hydrogen-bond donors (Lipinski definition) is 3. The van der Waals surface area contributed by atoms with Crippen LogP contribution in [0.25, 0.3) is 0 Å². The maximum absolute atomic E-state index is 12.2. The minimum atomic E-state index is -0.637. The van der Waals surface area contributed by atoms with Crippen molar-refractivity contribution in [3.63, 3.8) is 0 Å². The van der Waals surface area contributed by atoms with Crippen molar-refractivity contribution >= 4 is 17.5 Å². The van der Waals surface area contributed by atoms with Crippen molar-refractivity contribution in [3.05, 3.63) is 23.8 Å². The van der Waals surface area contributed by atoms with Gasteiger partial charge in [0, 0.05) is 6.54 Å². The van der Waals surface area contributed by atoms with Gasteiger partial charge < -0.3 is 21.1 Å². The molecule has 0 bridgehead atoms. The number of amides is 2. The predicted octanol–water partition coefficient (Wildman–Crippen LogP) is 1.17. The van der Waals surface area contributed by atoms with Crippen LogP contribution in [0.2, 0.25) is 0 Å². The predicted molar refractivity (Wildman–Crippen MR) is 82.2 cm³/mol. The zero-order valence-electron chi connectivity index (χ0n) is 12.9. The average Bonchev–Trinajstić information content (AvgIpc) is 2.44. The van der Waals surface area contributed by atoms with E-state index in [0.29, 0.717) is 18.2 Å². The topological polar surface area (TPSA) is 93.4 Å². The highest BCUT2D eigenvalue weighted by Gasteiger charge is 2.19. The summed E-state index contributed by atoms with van der Waals surface area (Å²) in [5, 5.41) is 5.39. The number of methoxy groups -OCH3 is 1. The third-order valence-corrected chi connectivity index (χ3v) is 2.96. The summed E-state index contributed by atoms with van der Waals surface area (Å²) >= 11 is 0. The third kappa shape index (κ3) is 4.66. The van der Waals surface area contributed by atoms with Gasteiger partial charge in [0.2, 0.25) is 5.91 Å². The van der Waals surface area contributed by atoms with Crippen molar-refractivity contribution in [3.8, 4) is 5.75 Å². The Labute approximate surface area is 125 Å². The van der Waals surface area contributed by atoms with Gasteiger partial charge in [-0.1, -0.05) is 19.9 Å². The van der Waals surface area contributed by atoms with Crippen LogP contribution in [0.3, 0.4) is 0 Å². The van der Waals surface area contributed by atoms with Crippen LogP contribution < -0.4 is 21.1 Å². The molecule has 1 rings (SSSR count). The smallest absolute Gasteiger partial charge is 0.254 e. The van der Waals surface area contributed by atoms with Gasteiger partial charge in [0.05, 0.1) is 18.4 Å². The molecule has 4 N–H and O–H groups in total. The van der Waals surface area contributed by atoms with Crippen molar-refractivity contribution in [2.45, 2.75) is 26.8 Å². The summed E-state index contributed by atoms with van der Waals surface area (Å²) < 4.78 is 5.07. The number of benzene rings is 1. The standard InChI is InChI=1S/C15H23N3O3/c1-9(2)8-17-14(19)10(3)18-15(20)11-6-5-7-12(21-4)13(11)16/h5-7,9-10H,8,16H2,1-4H3,(H,17,19)(H,18,20). The molecule has 0 radical (unpaired) electrons. The van der Waals surface area contributed by atoms with E-state index in [1.54, 1.807) is 25.1 Å². The first-order valence-electron chi connectivity index (χ1n) is 6.87. The number of anilines is 1. The monoisotopic (exact) mass is 293 g/mol. The molecule has 0 saturated carbocycles. The lowest BCUT2D eigenvalue weighted by molar-refractivity contribution is -0.122. The highest BCUT2D eigenvalue weighted by molar-refractivity contribution is 6.02. The number of ether oxygens (including phenoxy) is 1. The van der Waals surface area contributed by atoms with E-state index in [1.165, 1.54) is 7.11 Å². The largest absolute Gasteiger partial charge is 0.495 e. The Morgan fingerprint density at radius 3 is 2.52 bits per heavy atom. The van der Waals surface area contributed by atoms with Crippen LogP contribution in [0.15, 0.2) is 18.2 Å². The molecule has 0 heterocycles. The van der Waals surface area contributed by atoms with Crippen LogP contribution in [0, 0.1) is 5.92 Å². The number of para-hydroxylation sites is 1. The van der Waals surface area contributed by atoms with Crippen molar-refractivity contribution < 1.29 is 14.3 Å². The van der Waals surface area contributed by atoms with Gasteiger partial charge in [0.25, 0.3) is 5.91 Å². The second-order valence-electron chi connectivity index (χ2n) is 5.26. The summed E-state index contributed by atoms with van der Waals surface area (Å²) in [6.45, 7) is 6.20. The summed E-state index contributed by atoms with van der Waals surface area (Å²) in [6, 6.07) is 4.30. The molecule has 6 heteroatoms. The van der Waals surface area contributed by atoms with Crippen LogP contribution in [0.5, 0.6) is 5.75 Å². The maximum atomic E-state index is 12.2. The molecule has 0 spiro atoms. The molecule has 21 heavy (non-hydrogen) atoms. The van der Waals surface area contributed by atoms with Crippen molar-refractivity contribution in [2.75, 3.05) is 19.4 Å². The normalized spacial score (nSPS) is 11.9. The lowest BCUT2D eigenvalue weighted by Gasteiger charge is -2.16. The van der Waals surface area contributed by atoms with Gasteiger partial charge in [-0.2, -0.15) is 0 Å². The number of nitrogen functional groups attached to an aromatic ring is 1. The first-order chi connectivity index (χ1) is 9.86. The van der Waals surface area contributed by atoms with Crippen LogP contribution in [0.1, 0.15) is 31.1 Å². The molecule has 2 amide bonds. The maximum Gasteiger partial charge on any atom is 0.254 e. The van der Waals surface area contributed by atoms with E-state index in [0.717, 1.165) is 0 Å². The summed E-state index contributed by atoms with van der Waals surface area (Å²) in [6.07, 6.45) is 0. The Kier molecular flexibility index (Phi) is 6.02. The molecule has 116 valence electrons. The molecule has 0 aliphatic heterocycles. The molecular weight excluding hydrogens is 270 g/mol. The summed E-state index contributed by atoms with van der Waals surface area (Å²) in [4.78, 5) is 24.0. The minimum absolute atomic E-state index is 0.224. The summed E-state index contributed by atoms with van der Waals surface area (Å²) in [5.74, 6) is 0.155. The zero-order chi connectivity index (χ0) is 16.0. The van der Waals surface area contributed by atoms with Crippen LogP contribution in [-0.2, 0) is 4.79 Å². The van der Waals surface area contributed by atoms with Gasteiger partial charge >= 0.3 is 0 Å². The van der Waals surface area contributed by atoms with Crippen LogP contribution >= 0.6 is 0 Å². The van der Waals surface area contributed by atoms with Gasteiger partial charge in [-0.15, -0.1) is 0 Å². The van der Waals surface area contributed by atoms with Gasteiger partial charge in [-0.3, -0.25) is 9.59 Å². The van der Waals surface area contributed by atoms with E-state index in [9.17, 15) is 9.59 Å². The van der Waals surface area contributed by atoms with E-state index >= 15 is 0 Å². The molecule has 0 aliphatic rings. The Morgan fingerprint density at radius 1 is 1.29 bits per heavy atom. The van der Waals surface area contributed by atoms with Gasteiger partial charge in [0.1, 0.15) is 11.8 Å². The average molecular weight is 293 g/mol. The number of carbonyl (C=O) groups excluding carboxylic acids is 2. The summed E-state index contributed by atoms with van der Waals surface area (Å²) in [7, 11) is 1.48. The lowest BCUT2D eigenvalue weighted by atomic mass is 10.1. The highest BCUT2D eigenvalue weighted by Crippen LogP contribution is 2.24. The van der Waals surface area contributed by atoms with Gasteiger partial charge in [-0.05, 0) is 25.0 Å². The number of carbonyl (C=O) groups is 2. The van der Waals surface area contributed by atoms with E-state index in [1.807, 2.05) is 13.8 Å². The molecule has 1 unspecified atom stereocenters. The number of nitrogens with two attached hydrogens (primary N) is 1. The third-order valence-electron chi connectivity index (χ3n) is 2.96. The molecule has 1 aromatic carbocycles. The fourth-order valence-corrected chi connectivity index (χ4v) is 1.72. The number of nitrogens with one attached hydrogen (secondary N) is 2. The van der Waals surface area contributed by atoms with E-state index < -0.39 is 11.9 Å². The molecule has 0 fully saturated rings. The van der Waals surface area contributed by atoms with Crippen molar-refractivity contribution in [2.24, 2.45) is 5.92 Å². The van der Waals surface area contributed by atoms with Crippen LogP contribution in [-0.4, -0.2) is 31.5 Å². The zero-order valence-corrected chi connectivity index (χ0v) is 12.9. The van der Waals surface area contributed by atoms with Crippen molar-refractivity contribution in [1.82, 2.24) is 10.6 Å². The van der Waals surface area contributed by atoms with Crippen molar-refractivity contribution in [1.29, 1.82) is 0 Å². The molecular formula is C15H23N3O3. The molecule has 0 aliphatic carbocycles. The number of rotatable bonds is 6. The Balaban J connectivity index is 2.70. The Bertz CT molecular complexity index is 515. The van der Waals surface area contributed by atoms with Gasteiger partial charge in [0.15, 0.2) is 0 Å². The quantitative estimate of drug-likeness (QED) is 0.686. The molecule has 6 nitrogen and oxygen atoms in total. The fraction of sp³-hybridized carbons (Fsp3) is 0.467. The first kappa shape index (κ1) is 16.8. The molecule has 1 atom stereocenters. The number of hydrogen-bond acceptors (Lipinski definition) is 4. The molecule has 0 aromatic heterocycles. The highest BCUT2D eigenvalue weighted by atomic mass is 16.5. The van der Waals surface area contributed by atoms with E-state index in [2.05, 4.69) is 10.6 Å². The lowest BCUT2D eigenvalue weighted by Crippen LogP contribution is -2.45. The SMILES string of the molecule is COc1cccc(C(=O)NC(C)C(=O)NCC(C)C)c1N.